The second-order valence-corrected chi connectivity index (χ2v) is 7.60. The summed E-state index contributed by atoms with van der Waals surface area (Å²) in [4.78, 5) is 5.67. The molecular formula is C27H39FN5+. The molecule has 0 aliphatic heterocycles. The topological polar surface area (TPSA) is 48.3 Å². The van der Waals surface area contributed by atoms with E-state index in [9.17, 15) is 4.39 Å². The van der Waals surface area contributed by atoms with E-state index in [0.717, 1.165) is 6.34 Å². The Morgan fingerprint density at radius 2 is 1.76 bits per heavy atom. The van der Waals surface area contributed by atoms with Crippen LogP contribution in [0.5, 0.6) is 0 Å². The molecule has 178 valence electrons. The van der Waals surface area contributed by atoms with Gasteiger partial charge >= 0.3 is 0 Å². The fourth-order valence-corrected chi connectivity index (χ4v) is 3.41. The number of hydrogen-bond acceptors (Lipinski definition) is 2. The SMILES string of the molecule is CC.CC(C)c1ccccc1-c1n(C)cc[n+]1C.CCN=C(c1ccccc1F)N(C)C=N. The molecule has 0 spiro atoms. The Labute approximate surface area is 198 Å². The second kappa shape index (κ2) is 14.0. The maximum atomic E-state index is 13.5. The molecule has 2 aromatic carbocycles. The van der Waals surface area contributed by atoms with Crippen molar-refractivity contribution < 1.29 is 8.96 Å². The smallest absolute Gasteiger partial charge is 0.288 e. The first-order valence-corrected chi connectivity index (χ1v) is 11.4. The summed E-state index contributed by atoms with van der Waals surface area (Å²) in [6.45, 7) is 10.9. The predicted octanol–water partition coefficient (Wildman–Crippen LogP) is 5.80. The summed E-state index contributed by atoms with van der Waals surface area (Å²) in [5.74, 6) is 1.96. The van der Waals surface area contributed by atoms with Crippen molar-refractivity contribution in [3.05, 3.63) is 77.9 Å². The maximum absolute atomic E-state index is 13.5. The average Bonchev–Trinajstić information content (AvgIpc) is 3.17. The van der Waals surface area contributed by atoms with Gasteiger partial charge < -0.3 is 4.90 Å². The van der Waals surface area contributed by atoms with Gasteiger partial charge in [0.2, 0.25) is 0 Å². The molecule has 0 saturated carbocycles. The number of aryl methyl sites for hydroxylation is 2. The van der Waals surface area contributed by atoms with Crippen molar-refractivity contribution in [2.24, 2.45) is 19.1 Å². The zero-order valence-corrected chi connectivity index (χ0v) is 21.3. The fraction of sp³-hybridized carbons (Fsp3) is 0.370. The molecule has 6 heteroatoms. The van der Waals surface area contributed by atoms with Crippen LogP contribution in [0.25, 0.3) is 11.4 Å². The highest BCUT2D eigenvalue weighted by atomic mass is 19.1. The summed E-state index contributed by atoms with van der Waals surface area (Å²) in [7, 11) is 5.85. The first kappa shape index (κ1) is 27.8. The average molecular weight is 453 g/mol. The zero-order valence-electron chi connectivity index (χ0n) is 21.3. The highest BCUT2D eigenvalue weighted by Gasteiger charge is 2.18. The minimum absolute atomic E-state index is 0.321. The van der Waals surface area contributed by atoms with Gasteiger partial charge in [0.1, 0.15) is 24.0 Å². The van der Waals surface area contributed by atoms with Crippen LogP contribution in [-0.2, 0) is 14.1 Å². The largest absolute Gasteiger partial charge is 0.321 e. The lowest BCUT2D eigenvalue weighted by molar-refractivity contribution is -0.659. The summed E-state index contributed by atoms with van der Waals surface area (Å²) in [5.41, 5.74) is 3.15. The first-order chi connectivity index (χ1) is 15.8. The standard InChI is InChI=1S/C14H19N2.C11H14FN3.C2H6/c1-11(2)12-7-5-6-8-13(12)14-15(3)9-10-16(14)4;1-3-14-11(15(2)8-13)9-6-4-5-7-10(9)12;1-2/h5-11H,1-4H3;4-8,13H,3H2,1-2H3;1-2H3/q+1;;. The molecule has 1 N–H and O–H groups in total. The van der Waals surface area contributed by atoms with Crippen molar-refractivity contribution in [1.29, 1.82) is 5.41 Å². The van der Waals surface area contributed by atoms with Gasteiger partial charge in [0, 0.05) is 13.6 Å². The molecule has 1 heterocycles. The van der Waals surface area contributed by atoms with Crippen molar-refractivity contribution in [1.82, 2.24) is 9.47 Å². The molecule has 33 heavy (non-hydrogen) atoms. The van der Waals surface area contributed by atoms with Crippen LogP contribution in [0, 0.1) is 11.2 Å². The van der Waals surface area contributed by atoms with Crippen molar-refractivity contribution >= 4 is 12.2 Å². The van der Waals surface area contributed by atoms with Crippen LogP contribution in [0.1, 0.15) is 51.7 Å². The Morgan fingerprint density at radius 1 is 1.15 bits per heavy atom. The summed E-state index contributed by atoms with van der Waals surface area (Å²) in [6, 6.07) is 15.1. The van der Waals surface area contributed by atoms with Crippen LogP contribution < -0.4 is 4.57 Å². The molecule has 0 aliphatic rings. The summed E-state index contributed by atoms with van der Waals surface area (Å²) >= 11 is 0. The van der Waals surface area contributed by atoms with Gasteiger partial charge in [-0.05, 0) is 36.6 Å². The zero-order chi connectivity index (χ0) is 25.0. The number of nitrogens with zero attached hydrogens (tertiary/aromatic N) is 4. The number of rotatable bonds is 5. The lowest BCUT2D eigenvalue weighted by atomic mass is 9.97. The molecule has 3 rings (SSSR count). The highest BCUT2D eigenvalue weighted by Crippen LogP contribution is 2.26. The van der Waals surface area contributed by atoms with E-state index < -0.39 is 0 Å². The molecule has 0 fully saturated rings. The Balaban J connectivity index is 0.000000308. The van der Waals surface area contributed by atoms with Crippen molar-refractivity contribution in [3.63, 3.8) is 0 Å². The molecule has 0 radical (unpaired) electrons. The monoisotopic (exact) mass is 452 g/mol. The number of imidazole rings is 1. The van der Waals surface area contributed by atoms with Crippen molar-refractivity contribution in [3.8, 4) is 11.4 Å². The van der Waals surface area contributed by atoms with Crippen molar-refractivity contribution in [2.45, 2.75) is 40.5 Å². The minimum atomic E-state index is -0.321. The van der Waals surface area contributed by atoms with Crippen LogP contribution in [0.4, 0.5) is 4.39 Å². The van der Waals surface area contributed by atoms with Gasteiger partial charge in [-0.1, -0.05) is 58.0 Å². The van der Waals surface area contributed by atoms with Gasteiger partial charge in [-0.25, -0.2) is 13.5 Å². The van der Waals surface area contributed by atoms with E-state index in [-0.39, 0.29) is 5.82 Å². The van der Waals surface area contributed by atoms with E-state index in [4.69, 9.17) is 5.41 Å². The fourth-order valence-electron chi connectivity index (χ4n) is 3.41. The highest BCUT2D eigenvalue weighted by molar-refractivity contribution is 6.04. The third-order valence-electron chi connectivity index (χ3n) is 4.96. The lowest BCUT2D eigenvalue weighted by Gasteiger charge is -2.16. The maximum Gasteiger partial charge on any atom is 0.288 e. The molecular weight excluding hydrogens is 413 g/mol. The molecule has 1 aromatic heterocycles. The van der Waals surface area contributed by atoms with Gasteiger partial charge in [-0.15, -0.1) is 0 Å². The molecule has 3 aromatic rings. The Morgan fingerprint density at radius 3 is 2.27 bits per heavy atom. The first-order valence-electron chi connectivity index (χ1n) is 11.4. The number of nitrogens with one attached hydrogen (secondary N) is 1. The number of aromatic nitrogens is 2. The lowest BCUT2D eigenvalue weighted by Crippen LogP contribution is -2.29. The molecule has 0 saturated heterocycles. The number of benzene rings is 2. The second-order valence-electron chi connectivity index (χ2n) is 7.60. The van der Waals surface area contributed by atoms with Crippen LogP contribution in [0.15, 0.2) is 65.9 Å². The Bertz CT molecular complexity index is 1020. The van der Waals surface area contributed by atoms with Gasteiger partial charge in [0.25, 0.3) is 5.82 Å². The van der Waals surface area contributed by atoms with Crippen molar-refractivity contribution in [2.75, 3.05) is 13.6 Å². The number of aliphatic imine (C=N–C) groups is 1. The molecule has 0 bridgehead atoms. The quantitative estimate of drug-likeness (QED) is 0.297. The van der Waals surface area contributed by atoms with E-state index in [1.807, 2.05) is 20.8 Å². The Hall–Kier alpha value is -3.28. The van der Waals surface area contributed by atoms with Gasteiger partial charge in [-0.2, -0.15) is 0 Å². The minimum Gasteiger partial charge on any atom is -0.321 e. The number of halogens is 1. The summed E-state index contributed by atoms with van der Waals surface area (Å²) in [6.07, 6.45) is 5.29. The van der Waals surface area contributed by atoms with Crippen LogP contribution in [0.2, 0.25) is 0 Å². The molecule has 0 atom stereocenters. The summed E-state index contributed by atoms with van der Waals surface area (Å²) in [5, 5.41) is 7.13. The molecule has 0 unspecified atom stereocenters. The van der Waals surface area contributed by atoms with Gasteiger partial charge in [-0.3, -0.25) is 10.4 Å². The van der Waals surface area contributed by atoms with Crippen LogP contribution in [0.3, 0.4) is 0 Å². The van der Waals surface area contributed by atoms with E-state index in [2.05, 4.69) is 78.7 Å². The number of hydrogen-bond donors (Lipinski definition) is 1. The molecule has 0 amide bonds. The molecule has 0 aliphatic carbocycles. The van der Waals surface area contributed by atoms with Crippen LogP contribution in [-0.4, -0.2) is 35.2 Å². The predicted molar refractivity (Wildman–Crippen MR) is 137 cm³/mol. The third kappa shape index (κ3) is 7.38. The van der Waals surface area contributed by atoms with E-state index >= 15 is 0 Å². The summed E-state index contributed by atoms with van der Waals surface area (Å²) < 4.78 is 17.8. The Kier molecular flexibility index (Phi) is 11.8. The molecule has 5 nitrogen and oxygen atoms in total. The third-order valence-corrected chi connectivity index (χ3v) is 4.96. The number of amidine groups is 1. The van der Waals surface area contributed by atoms with E-state index in [0.29, 0.717) is 23.9 Å². The van der Waals surface area contributed by atoms with Gasteiger partial charge in [0.05, 0.1) is 31.6 Å². The van der Waals surface area contributed by atoms with Crippen LogP contribution >= 0.6 is 0 Å². The van der Waals surface area contributed by atoms with Gasteiger partial charge in [0.15, 0.2) is 0 Å². The van der Waals surface area contributed by atoms with E-state index in [1.54, 1.807) is 25.2 Å². The van der Waals surface area contributed by atoms with E-state index in [1.165, 1.54) is 27.9 Å². The normalized spacial score (nSPS) is 10.7.